The molecule has 0 saturated carbocycles. The van der Waals surface area contributed by atoms with Crippen LogP contribution in [-0.4, -0.2) is 46.8 Å². The summed E-state index contributed by atoms with van der Waals surface area (Å²) in [7, 11) is 0. The SMILES string of the molecule is Cc1ccc(OC[C@@H]2c3ccsc3CCN2C(=O)CN(C(=O)C(C)C)C(C)(C)C)cc1. The van der Waals surface area contributed by atoms with E-state index < -0.39 is 5.54 Å². The van der Waals surface area contributed by atoms with Crippen LogP contribution < -0.4 is 4.74 Å². The van der Waals surface area contributed by atoms with Crippen LogP contribution in [0.3, 0.4) is 0 Å². The number of amides is 2. The van der Waals surface area contributed by atoms with E-state index in [9.17, 15) is 9.59 Å². The topological polar surface area (TPSA) is 49.9 Å². The number of carbonyl (C=O) groups excluding carboxylic acids is 2. The normalized spacial score (nSPS) is 16.2. The molecule has 0 aliphatic carbocycles. The summed E-state index contributed by atoms with van der Waals surface area (Å²) in [4.78, 5) is 31.2. The number of hydrogen-bond donors (Lipinski definition) is 0. The number of fused-ring (bicyclic) bond motifs is 1. The second kappa shape index (κ2) is 9.43. The van der Waals surface area contributed by atoms with Crippen LogP contribution in [0.15, 0.2) is 35.7 Å². The van der Waals surface area contributed by atoms with E-state index in [1.165, 1.54) is 10.4 Å². The van der Waals surface area contributed by atoms with Gasteiger partial charge in [0.2, 0.25) is 11.8 Å². The Balaban J connectivity index is 1.80. The first-order valence-corrected chi connectivity index (χ1v) is 11.8. The lowest BCUT2D eigenvalue weighted by Crippen LogP contribution is -2.54. The molecule has 1 aliphatic rings. The summed E-state index contributed by atoms with van der Waals surface area (Å²) in [5.41, 5.74) is 1.92. The molecule has 0 saturated heterocycles. The molecule has 5 nitrogen and oxygen atoms in total. The summed E-state index contributed by atoms with van der Waals surface area (Å²) >= 11 is 1.74. The molecule has 1 aromatic carbocycles. The van der Waals surface area contributed by atoms with Crippen LogP contribution in [0.1, 0.15) is 56.7 Å². The van der Waals surface area contributed by atoms with Gasteiger partial charge >= 0.3 is 0 Å². The Bertz CT molecular complexity index is 912. The van der Waals surface area contributed by atoms with Crippen LogP contribution in [0.25, 0.3) is 0 Å². The van der Waals surface area contributed by atoms with Crippen LogP contribution >= 0.6 is 11.3 Å². The predicted octanol–water partition coefficient (Wildman–Crippen LogP) is 4.84. The molecule has 1 aliphatic heterocycles. The Morgan fingerprint density at radius 2 is 1.87 bits per heavy atom. The lowest BCUT2D eigenvalue weighted by Gasteiger charge is -2.40. The highest BCUT2D eigenvalue weighted by atomic mass is 32.1. The van der Waals surface area contributed by atoms with E-state index in [4.69, 9.17) is 4.74 Å². The second-order valence-corrected chi connectivity index (χ2v) is 10.5. The Kier molecular flexibility index (Phi) is 7.10. The van der Waals surface area contributed by atoms with Gasteiger partial charge in [0.15, 0.2) is 0 Å². The molecule has 2 amide bonds. The molecule has 0 spiro atoms. The minimum Gasteiger partial charge on any atom is -0.491 e. The number of ether oxygens (including phenoxy) is 1. The Morgan fingerprint density at radius 1 is 1.19 bits per heavy atom. The molecular weight excluding hydrogens is 408 g/mol. The van der Waals surface area contributed by atoms with Crippen molar-refractivity contribution in [1.82, 2.24) is 9.80 Å². The average Bonchev–Trinajstić information content (AvgIpc) is 3.18. The zero-order valence-electron chi connectivity index (χ0n) is 19.5. The number of rotatable bonds is 6. The van der Waals surface area contributed by atoms with Crippen molar-refractivity contribution in [3.63, 3.8) is 0 Å². The van der Waals surface area contributed by atoms with Gasteiger partial charge in [-0.3, -0.25) is 9.59 Å². The molecule has 0 N–H and O–H groups in total. The molecular formula is C25H34N2O3S. The maximum Gasteiger partial charge on any atom is 0.242 e. The smallest absolute Gasteiger partial charge is 0.242 e. The third-order valence-electron chi connectivity index (χ3n) is 5.71. The third kappa shape index (κ3) is 5.48. The van der Waals surface area contributed by atoms with Gasteiger partial charge in [0.05, 0.1) is 6.04 Å². The lowest BCUT2D eigenvalue weighted by molar-refractivity contribution is -0.148. The van der Waals surface area contributed by atoms with Crippen molar-refractivity contribution in [2.24, 2.45) is 5.92 Å². The fourth-order valence-electron chi connectivity index (χ4n) is 3.87. The lowest BCUT2D eigenvalue weighted by atomic mass is 9.99. The van der Waals surface area contributed by atoms with Gasteiger partial charge in [0.25, 0.3) is 0 Å². The van der Waals surface area contributed by atoms with Crippen molar-refractivity contribution >= 4 is 23.2 Å². The molecule has 3 rings (SSSR count). The monoisotopic (exact) mass is 442 g/mol. The standard InChI is InChI=1S/C25H34N2O3S/c1-17(2)24(29)27(25(4,5)6)15-23(28)26-13-11-22-20(12-14-31-22)21(26)16-30-19-9-7-18(3)8-10-19/h7-10,12,14,17,21H,11,13,15-16H2,1-6H3/t21-/m1/s1. The van der Waals surface area contributed by atoms with Gasteiger partial charge < -0.3 is 14.5 Å². The highest BCUT2D eigenvalue weighted by Gasteiger charge is 2.36. The van der Waals surface area contributed by atoms with Crippen LogP contribution in [0.4, 0.5) is 0 Å². The zero-order chi connectivity index (χ0) is 22.8. The minimum atomic E-state index is -0.422. The number of thiophene rings is 1. The number of aryl methyl sites for hydroxylation is 1. The molecule has 2 heterocycles. The quantitative estimate of drug-likeness (QED) is 0.643. The van der Waals surface area contributed by atoms with E-state index in [0.29, 0.717) is 13.2 Å². The Morgan fingerprint density at radius 3 is 2.48 bits per heavy atom. The number of nitrogens with zero attached hydrogens (tertiary/aromatic N) is 2. The molecule has 0 fully saturated rings. The summed E-state index contributed by atoms with van der Waals surface area (Å²) in [6.45, 7) is 12.9. The fraction of sp³-hybridized carbons (Fsp3) is 0.520. The number of hydrogen-bond acceptors (Lipinski definition) is 4. The molecule has 31 heavy (non-hydrogen) atoms. The van der Waals surface area contributed by atoms with Gasteiger partial charge in [-0.2, -0.15) is 0 Å². The predicted molar refractivity (Wildman–Crippen MR) is 125 cm³/mol. The summed E-state index contributed by atoms with van der Waals surface area (Å²) < 4.78 is 6.10. The summed E-state index contributed by atoms with van der Waals surface area (Å²) in [5, 5.41) is 2.08. The van der Waals surface area contributed by atoms with Crippen molar-refractivity contribution in [3.8, 4) is 5.75 Å². The summed E-state index contributed by atoms with van der Waals surface area (Å²) in [5.74, 6) is 0.615. The van der Waals surface area contributed by atoms with Gasteiger partial charge in [-0.1, -0.05) is 31.5 Å². The zero-order valence-corrected chi connectivity index (χ0v) is 20.3. The fourth-order valence-corrected chi connectivity index (χ4v) is 4.80. The molecule has 6 heteroatoms. The van der Waals surface area contributed by atoms with Gasteiger partial charge in [0, 0.05) is 22.9 Å². The van der Waals surface area contributed by atoms with Crippen molar-refractivity contribution in [2.45, 2.75) is 59.5 Å². The first kappa shape index (κ1) is 23.3. The van der Waals surface area contributed by atoms with Crippen LogP contribution in [-0.2, 0) is 16.0 Å². The van der Waals surface area contributed by atoms with E-state index >= 15 is 0 Å². The summed E-state index contributed by atoms with van der Waals surface area (Å²) in [6.07, 6.45) is 0.841. The molecule has 0 radical (unpaired) electrons. The Hall–Kier alpha value is -2.34. The first-order valence-electron chi connectivity index (χ1n) is 10.9. The van der Waals surface area contributed by atoms with Crippen LogP contribution in [0.5, 0.6) is 5.75 Å². The van der Waals surface area contributed by atoms with Gasteiger partial charge in [-0.15, -0.1) is 11.3 Å². The molecule has 0 bridgehead atoms. The van der Waals surface area contributed by atoms with Gasteiger partial charge in [-0.25, -0.2) is 0 Å². The maximum atomic E-state index is 13.5. The third-order valence-corrected chi connectivity index (χ3v) is 6.70. The van der Waals surface area contributed by atoms with Crippen LogP contribution in [0.2, 0.25) is 0 Å². The second-order valence-electron chi connectivity index (χ2n) is 9.53. The number of benzene rings is 1. The molecule has 1 aromatic heterocycles. The van der Waals surface area contributed by atoms with Crippen molar-refractivity contribution in [1.29, 1.82) is 0 Å². The maximum absolute atomic E-state index is 13.5. The van der Waals surface area contributed by atoms with E-state index in [1.807, 2.05) is 70.7 Å². The van der Waals surface area contributed by atoms with Gasteiger partial charge in [-0.05, 0) is 63.3 Å². The van der Waals surface area contributed by atoms with E-state index in [0.717, 1.165) is 17.7 Å². The van der Waals surface area contributed by atoms with Crippen LogP contribution in [0, 0.1) is 12.8 Å². The highest BCUT2D eigenvalue weighted by Crippen LogP contribution is 2.34. The van der Waals surface area contributed by atoms with Gasteiger partial charge in [0.1, 0.15) is 18.9 Å². The highest BCUT2D eigenvalue weighted by molar-refractivity contribution is 7.10. The largest absolute Gasteiger partial charge is 0.491 e. The van der Waals surface area contributed by atoms with Crippen molar-refractivity contribution in [3.05, 3.63) is 51.7 Å². The minimum absolute atomic E-state index is 0.00142. The first-order chi connectivity index (χ1) is 14.6. The molecule has 1 atom stereocenters. The van der Waals surface area contributed by atoms with E-state index in [2.05, 4.69) is 11.4 Å². The molecule has 2 aromatic rings. The average molecular weight is 443 g/mol. The summed E-state index contributed by atoms with van der Waals surface area (Å²) in [6, 6.07) is 9.91. The van der Waals surface area contributed by atoms with E-state index in [1.54, 1.807) is 16.2 Å². The number of carbonyl (C=O) groups is 2. The molecule has 0 unspecified atom stereocenters. The Labute approximate surface area is 190 Å². The van der Waals surface area contributed by atoms with E-state index in [-0.39, 0.29) is 30.3 Å². The van der Waals surface area contributed by atoms with Crippen molar-refractivity contribution < 1.29 is 14.3 Å². The van der Waals surface area contributed by atoms with Crippen molar-refractivity contribution in [2.75, 3.05) is 19.7 Å². The molecule has 168 valence electrons.